The topological polar surface area (TPSA) is 43.6 Å². The monoisotopic (exact) mass is 326 g/mol. The molecule has 0 N–H and O–H groups in total. The van der Waals surface area contributed by atoms with E-state index in [9.17, 15) is 0 Å². The van der Waals surface area contributed by atoms with Crippen LogP contribution < -0.4 is 0 Å². The summed E-state index contributed by atoms with van der Waals surface area (Å²) in [5.74, 6) is 1.43. The summed E-state index contributed by atoms with van der Waals surface area (Å²) < 4.78 is 2.09. The quantitative estimate of drug-likeness (QED) is 0.682. The number of fused-ring (bicyclic) bond motifs is 1. The maximum Gasteiger partial charge on any atom is 0.160 e. The van der Waals surface area contributed by atoms with E-state index in [1.54, 1.807) is 23.7 Å². The van der Waals surface area contributed by atoms with Crippen molar-refractivity contribution < 1.29 is 0 Å². The summed E-state index contributed by atoms with van der Waals surface area (Å²) in [6, 6.07) is 1.90. The van der Waals surface area contributed by atoms with Gasteiger partial charge in [0.1, 0.15) is 16.3 Å². The Morgan fingerprint density at radius 2 is 2.25 bits per heavy atom. The first-order valence-electron chi connectivity index (χ1n) is 6.18. The van der Waals surface area contributed by atoms with E-state index in [-0.39, 0.29) is 6.04 Å². The molecule has 3 rings (SSSR count). The Labute approximate surface area is 130 Å². The molecule has 3 aromatic rings. The van der Waals surface area contributed by atoms with Gasteiger partial charge in [-0.1, -0.05) is 11.6 Å². The van der Waals surface area contributed by atoms with Gasteiger partial charge in [-0.15, -0.1) is 22.9 Å². The molecule has 0 bridgehead atoms. The molecule has 1 unspecified atom stereocenters. The van der Waals surface area contributed by atoms with Crippen molar-refractivity contribution >= 4 is 45.7 Å². The van der Waals surface area contributed by atoms with Crippen molar-refractivity contribution in [3.8, 4) is 0 Å². The molecule has 0 spiro atoms. The van der Waals surface area contributed by atoms with E-state index in [1.807, 2.05) is 11.4 Å². The highest BCUT2D eigenvalue weighted by atomic mass is 35.5. The number of nitrogens with zero attached hydrogens (tertiary/aromatic N) is 4. The van der Waals surface area contributed by atoms with Gasteiger partial charge in [-0.25, -0.2) is 15.0 Å². The molecule has 7 heteroatoms. The Morgan fingerprint density at radius 3 is 2.95 bits per heavy atom. The number of aromatic nitrogens is 4. The lowest BCUT2D eigenvalue weighted by atomic mass is 10.3. The Kier molecular flexibility index (Phi) is 3.92. The standard InChI is InChI=1S/C13H12Cl2N4S/c1-8(13-16-4-5-20-13)19-11(2-3-14)18-10-6-9(15)7-17-12(10)19/h4-8H,2-3H2,1H3. The highest BCUT2D eigenvalue weighted by Crippen LogP contribution is 2.27. The van der Waals surface area contributed by atoms with Gasteiger partial charge in [0.25, 0.3) is 0 Å². The van der Waals surface area contributed by atoms with Crippen LogP contribution in [0, 0.1) is 0 Å². The molecule has 0 fully saturated rings. The fraction of sp³-hybridized carbons (Fsp3) is 0.308. The Hall–Kier alpha value is -1.17. The number of aryl methyl sites for hydroxylation is 1. The van der Waals surface area contributed by atoms with Gasteiger partial charge >= 0.3 is 0 Å². The fourth-order valence-corrected chi connectivity index (χ4v) is 3.23. The lowest BCUT2D eigenvalue weighted by molar-refractivity contribution is 0.615. The summed E-state index contributed by atoms with van der Waals surface area (Å²) in [5.41, 5.74) is 1.61. The Bertz CT molecular complexity index is 723. The molecule has 0 radical (unpaired) electrons. The van der Waals surface area contributed by atoms with Crippen LogP contribution in [0.5, 0.6) is 0 Å². The van der Waals surface area contributed by atoms with Crippen LogP contribution in [0.4, 0.5) is 0 Å². The van der Waals surface area contributed by atoms with E-state index >= 15 is 0 Å². The number of halogens is 2. The number of pyridine rings is 1. The third kappa shape index (κ3) is 2.41. The Morgan fingerprint density at radius 1 is 1.40 bits per heavy atom. The van der Waals surface area contributed by atoms with E-state index < -0.39 is 0 Å². The predicted octanol–water partition coefficient (Wildman–Crippen LogP) is 3.93. The molecule has 4 nitrogen and oxygen atoms in total. The predicted molar refractivity (Wildman–Crippen MR) is 82.9 cm³/mol. The molecule has 3 heterocycles. The summed E-state index contributed by atoms with van der Waals surface area (Å²) >= 11 is 13.5. The first-order chi connectivity index (χ1) is 9.70. The van der Waals surface area contributed by atoms with Crippen LogP contribution in [0.2, 0.25) is 5.02 Å². The van der Waals surface area contributed by atoms with Gasteiger partial charge < -0.3 is 4.57 Å². The minimum atomic E-state index is 0.0758. The molecule has 0 amide bonds. The number of hydrogen-bond donors (Lipinski definition) is 0. The lowest BCUT2D eigenvalue weighted by Gasteiger charge is -2.14. The van der Waals surface area contributed by atoms with Crippen LogP contribution in [-0.2, 0) is 6.42 Å². The van der Waals surface area contributed by atoms with Gasteiger partial charge in [0.15, 0.2) is 5.65 Å². The highest BCUT2D eigenvalue weighted by Gasteiger charge is 2.19. The largest absolute Gasteiger partial charge is 0.303 e. The van der Waals surface area contributed by atoms with Crippen molar-refractivity contribution in [2.45, 2.75) is 19.4 Å². The van der Waals surface area contributed by atoms with Crippen molar-refractivity contribution in [2.24, 2.45) is 0 Å². The van der Waals surface area contributed by atoms with Crippen molar-refractivity contribution in [3.05, 3.63) is 39.7 Å². The number of imidazole rings is 1. The van der Waals surface area contributed by atoms with Gasteiger partial charge in [-0.3, -0.25) is 0 Å². The first kappa shape index (κ1) is 13.8. The van der Waals surface area contributed by atoms with E-state index in [2.05, 4.69) is 26.4 Å². The summed E-state index contributed by atoms with van der Waals surface area (Å²) in [7, 11) is 0. The first-order valence-corrected chi connectivity index (χ1v) is 7.97. The molecule has 1 atom stereocenters. The van der Waals surface area contributed by atoms with Crippen LogP contribution >= 0.6 is 34.5 Å². The molecular formula is C13H12Cl2N4S. The van der Waals surface area contributed by atoms with Crippen molar-refractivity contribution in [1.82, 2.24) is 19.5 Å². The fourth-order valence-electron chi connectivity index (χ4n) is 2.22. The number of alkyl halides is 1. The zero-order chi connectivity index (χ0) is 14.1. The molecule has 20 heavy (non-hydrogen) atoms. The van der Waals surface area contributed by atoms with E-state index in [4.69, 9.17) is 23.2 Å². The molecule has 0 aromatic carbocycles. The Balaban J connectivity index is 2.18. The van der Waals surface area contributed by atoms with Crippen LogP contribution in [-0.4, -0.2) is 25.4 Å². The zero-order valence-electron chi connectivity index (χ0n) is 10.8. The minimum absolute atomic E-state index is 0.0758. The van der Waals surface area contributed by atoms with Crippen LogP contribution in [0.1, 0.15) is 23.8 Å². The smallest absolute Gasteiger partial charge is 0.160 e. The van der Waals surface area contributed by atoms with Crippen LogP contribution in [0.15, 0.2) is 23.8 Å². The molecule has 0 saturated heterocycles. The van der Waals surface area contributed by atoms with E-state index in [1.165, 1.54) is 0 Å². The number of rotatable bonds is 4. The molecule has 104 valence electrons. The average molecular weight is 327 g/mol. The van der Waals surface area contributed by atoms with Gasteiger partial charge in [0.2, 0.25) is 0 Å². The van der Waals surface area contributed by atoms with Gasteiger partial charge in [-0.05, 0) is 13.0 Å². The van der Waals surface area contributed by atoms with Gasteiger partial charge in [0, 0.05) is 30.1 Å². The van der Waals surface area contributed by atoms with Crippen LogP contribution in [0.25, 0.3) is 11.2 Å². The molecule has 3 aromatic heterocycles. The second kappa shape index (κ2) is 5.68. The third-order valence-electron chi connectivity index (χ3n) is 3.08. The summed E-state index contributed by atoms with van der Waals surface area (Å²) in [4.78, 5) is 13.4. The van der Waals surface area contributed by atoms with Crippen molar-refractivity contribution in [1.29, 1.82) is 0 Å². The SMILES string of the molecule is CC(c1nccs1)n1c(CCCl)nc2cc(Cl)cnc21. The van der Waals surface area contributed by atoms with E-state index in [0.717, 1.165) is 22.0 Å². The number of hydrogen-bond acceptors (Lipinski definition) is 4. The third-order valence-corrected chi connectivity index (χ3v) is 4.43. The van der Waals surface area contributed by atoms with Crippen molar-refractivity contribution in [3.63, 3.8) is 0 Å². The lowest BCUT2D eigenvalue weighted by Crippen LogP contribution is -2.11. The molecular weight excluding hydrogens is 315 g/mol. The normalized spacial score (nSPS) is 12.9. The zero-order valence-corrected chi connectivity index (χ0v) is 13.1. The maximum atomic E-state index is 5.99. The highest BCUT2D eigenvalue weighted by molar-refractivity contribution is 7.09. The second-order valence-corrected chi connectivity index (χ2v) is 6.12. The molecule has 0 aliphatic carbocycles. The maximum absolute atomic E-state index is 5.99. The molecule has 0 aliphatic heterocycles. The average Bonchev–Trinajstić information content (AvgIpc) is 3.05. The summed E-state index contributed by atoms with van der Waals surface area (Å²) in [6.07, 6.45) is 4.13. The number of thiazole rings is 1. The minimum Gasteiger partial charge on any atom is -0.303 e. The second-order valence-electron chi connectivity index (χ2n) is 4.38. The molecule has 0 saturated carbocycles. The van der Waals surface area contributed by atoms with Crippen LogP contribution in [0.3, 0.4) is 0 Å². The van der Waals surface area contributed by atoms with Crippen molar-refractivity contribution in [2.75, 3.05) is 5.88 Å². The summed E-state index contributed by atoms with van der Waals surface area (Å²) in [6.45, 7) is 2.09. The summed E-state index contributed by atoms with van der Waals surface area (Å²) in [5, 5.41) is 3.58. The van der Waals surface area contributed by atoms with E-state index in [0.29, 0.717) is 17.3 Å². The van der Waals surface area contributed by atoms with Gasteiger partial charge in [-0.2, -0.15) is 0 Å². The van der Waals surface area contributed by atoms with Gasteiger partial charge in [0.05, 0.1) is 11.1 Å². The molecule has 0 aliphatic rings.